The molecule has 162 valence electrons. The van der Waals surface area contributed by atoms with Crippen molar-refractivity contribution in [2.45, 2.75) is 25.0 Å². The minimum absolute atomic E-state index is 0.207. The third-order valence-electron chi connectivity index (χ3n) is 4.76. The number of carbonyl (C=O) groups is 2. The number of aromatic nitrogens is 3. The Morgan fingerprint density at radius 2 is 2.13 bits per heavy atom. The van der Waals surface area contributed by atoms with E-state index < -0.39 is 18.0 Å². The van der Waals surface area contributed by atoms with Crippen molar-refractivity contribution in [3.8, 4) is 11.4 Å². The van der Waals surface area contributed by atoms with Crippen LogP contribution in [0.1, 0.15) is 24.5 Å². The van der Waals surface area contributed by atoms with Crippen molar-refractivity contribution in [2.24, 2.45) is 7.05 Å². The number of thioether (sulfide) groups is 1. The molecule has 0 bridgehead atoms. The molecule has 1 aliphatic rings. The van der Waals surface area contributed by atoms with Crippen molar-refractivity contribution in [3.63, 3.8) is 0 Å². The van der Waals surface area contributed by atoms with Crippen molar-refractivity contribution in [3.05, 3.63) is 53.5 Å². The predicted octanol–water partition coefficient (Wildman–Crippen LogP) is 2.94. The Morgan fingerprint density at radius 3 is 2.81 bits per heavy atom. The number of nitrogens with one attached hydrogen (secondary N) is 2. The van der Waals surface area contributed by atoms with Gasteiger partial charge in [0.25, 0.3) is 0 Å². The molecule has 0 aliphatic carbocycles. The molecule has 11 heteroatoms. The Labute approximate surface area is 182 Å². The van der Waals surface area contributed by atoms with Gasteiger partial charge in [-0.15, -0.1) is 10.2 Å². The second kappa shape index (κ2) is 8.72. The molecule has 2 N–H and O–H groups in total. The van der Waals surface area contributed by atoms with Gasteiger partial charge in [-0.2, -0.15) is 0 Å². The van der Waals surface area contributed by atoms with Crippen molar-refractivity contribution in [1.82, 2.24) is 25.4 Å². The molecule has 2 amide bonds. The molecule has 0 saturated carbocycles. The number of rotatable bonds is 7. The van der Waals surface area contributed by atoms with Crippen molar-refractivity contribution < 1.29 is 23.2 Å². The largest absolute Gasteiger partial charge is 0.469 e. The van der Waals surface area contributed by atoms with Gasteiger partial charge in [-0.1, -0.05) is 11.8 Å². The summed E-state index contributed by atoms with van der Waals surface area (Å²) in [6.45, 7) is 3.79. The maximum Gasteiger partial charge on any atom is 0.338 e. The molecule has 31 heavy (non-hydrogen) atoms. The molecule has 4 heterocycles. The number of amides is 2. The quantitative estimate of drug-likeness (QED) is 0.422. The maximum absolute atomic E-state index is 12.7. The van der Waals surface area contributed by atoms with Crippen LogP contribution in [0.4, 0.5) is 4.79 Å². The number of esters is 1. The van der Waals surface area contributed by atoms with Gasteiger partial charge in [0.1, 0.15) is 17.6 Å². The van der Waals surface area contributed by atoms with Crippen molar-refractivity contribution >= 4 is 23.8 Å². The van der Waals surface area contributed by atoms with Gasteiger partial charge in [0.15, 0.2) is 11.0 Å². The molecular weight excluding hydrogens is 422 g/mol. The van der Waals surface area contributed by atoms with Gasteiger partial charge in [-0.25, -0.2) is 9.59 Å². The Bertz CT molecular complexity index is 1130. The van der Waals surface area contributed by atoms with Gasteiger partial charge in [-0.05, 0) is 32.0 Å². The van der Waals surface area contributed by atoms with Crippen LogP contribution < -0.4 is 10.6 Å². The molecule has 0 radical (unpaired) electrons. The van der Waals surface area contributed by atoms with Gasteiger partial charge in [-0.3, -0.25) is 0 Å². The number of ether oxygens (including phenoxy) is 1. The number of furan rings is 2. The molecule has 0 saturated heterocycles. The van der Waals surface area contributed by atoms with E-state index in [9.17, 15) is 9.59 Å². The molecule has 0 aromatic carbocycles. The molecule has 0 spiro atoms. The Kier molecular flexibility index (Phi) is 5.85. The van der Waals surface area contributed by atoms with Crippen LogP contribution in [0.15, 0.2) is 56.0 Å². The van der Waals surface area contributed by atoms with Crippen LogP contribution in [0.3, 0.4) is 0 Å². The van der Waals surface area contributed by atoms with Gasteiger partial charge >= 0.3 is 12.0 Å². The third-order valence-corrected chi connectivity index (χ3v) is 5.80. The molecule has 3 aromatic heterocycles. The average molecular weight is 443 g/mol. The van der Waals surface area contributed by atoms with Crippen molar-refractivity contribution in [1.29, 1.82) is 0 Å². The van der Waals surface area contributed by atoms with E-state index in [1.807, 2.05) is 24.6 Å². The number of aryl methyl sites for hydroxylation is 1. The molecular formula is C20H21N5O5S. The first-order chi connectivity index (χ1) is 15.0. The molecule has 1 aliphatic heterocycles. The number of hydrogen-bond donors (Lipinski definition) is 2. The summed E-state index contributed by atoms with van der Waals surface area (Å²) in [4.78, 5) is 25.0. The van der Waals surface area contributed by atoms with E-state index in [0.29, 0.717) is 22.4 Å². The van der Waals surface area contributed by atoms with Crippen LogP contribution in [-0.2, 0) is 16.6 Å². The summed E-state index contributed by atoms with van der Waals surface area (Å²) in [6, 6.07) is 4.04. The van der Waals surface area contributed by atoms with Crippen LogP contribution >= 0.6 is 11.8 Å². The predicted molar refractivity (Wildman–Crippen MR) is 111 cm³/mol. The zero-order valence-electron chi connectivity index (χ0n) is 17.2. The summed E-state index contributed by atoms with van der Waals surface area (Å²) in [7, 11) is 1.84. The van der Waals surface area contributed by atoms with E-state index in [-0.39, 0.29) is 17.9 Å². The molecule has 1 atom stereocenters. The van der Waals surface area contributed by atoms with Gasteiger partial charge < -0.3 is 28.8 Å². The minimum atomic E-state index is -0.748. The number of hydrogen-bond acceptors (Lipinski definition) is 8. The van der Waals surface area contributed by atoms with E-state index in [1.54, 1.807) is 25.3 Å². The lowest BCUT2D eigenvalue weighted by molar-refractivity contribution is -0.139. The summed E-state index contributed by atoms with van der Waals surface area (Å²) < 4.78 is 17.9. The fourth-order valence-corrected chi connectivity index (χ4v) is 4.16. The second-order valence-corrected chi connectivity index (χ2v) is 7.65. The first-order valence-corrected chi connectivity index (χ1v) is 10.6. The van der Waals surface area contributed by atoms with Crippen LogP contribution in [0.25, 0.3) is 11.4 Å². The highest BCUT2D eigenvalue weighted by molar-refractivity contribution is 7.99. The third kappa shape index (κ3) is 4.08. The molecule has 10 nitrogen and oxygen atoms in total. The van der Waals surface area contributed by atoms with Gasteiger partial charge in [0.05, 0.1) is 30.3 Å². The highest BCUT2D eigenvalue weighted by Crippen LogP contribution is 2.31. The molecule has 0 fully saturated rings. The highest BCUT2D eigenvalue weighted by Gasteiger charge is 2.35. The monoisotopic (exact) mass is 443 g/mol. The number of urea groups is 1. The van der Waals surface area contributed by atoms with Crippen LogP contribution in [-0.4, -0.2) is 39.1 Å². The number of carbonyl (C=O) groups excluding carboxylic acids is 2. The fourth-order valence-electron chi connectivity index (χ4n) is 3.28. The second-order valence-electron chi connectivity index (χ2n) is 6.70. The molecule has 1 unspecified atom stereocenters. The van der Waals surface area contributed by atoms with E-state index >= 15 is 0 Å². The van der Waals surface area contributed by atoms with Crippen LogP contribution in [0, 0.1) is 6.92 Å². The highest BCUT2D eigenvalue weighted by atomic mass is 32.2. The lowest BCUT2D eigenvalue weighted by Crippen LogP contribution is -2.46. The van der Waals surface area contributed by atoms with E-state index in [4.69, 9.17) is 13.6 Å². The maximum atomic E-state index is 12.7. The Balaban J connectivity index is 1.64. The summed E-state index contributed by atoms with van der Waals surface area (Å²) in [5.41, 5.74) is 1.57. The molecule has 4 rings (SSSR count). The topological polar surface area (TPSA) is 124 Å². The normalized spacial score (nSPS) is 16.2. The fraction of sp³-hybridized carbons (Fsp3) is 0.300. The SMILES string of the molecule is CCOC(=O)C1=C(CSc2nnc(-c3ccoc3C)n2C)NC(=O)NC1c1ccco1. The van der Waals surface area contributed by atoms with Crippen LogP contribution in [0.2, 0.25) is 0 Å². The van der Waals surface area contributed by atoms with Crippen LogP contribution in [0.5, 0.6) is 0 Å². The summed E-state index contributed by atoms with van der Waals surface area (Å²) in [5.74, 6) is 1.59. The van der Waals surface area contributed by atoms with E-state index in [2.05, 4.69) is 20.8 Å². The summed E-state index contributed by atoms with van der Waals surface area (Å²) in [5, 5.41) is 14.6. The van der Waals surface area contributed by atoms with Gasteiger partial charge in [0, 0.05) is 18.5 Å². The van der Waals surface area contributed by atoms with E-state index in [0.717, 1.165) is 11.3 Å². The first kappa shape index (κ1) is 20.8. The Morgan fingerprint density at radius 1 is 1.29 bits per heavy atom. The molecule has 3 aromatic rings. The van der Waals surface area contributed by atoms with Gasteiger partial charge in [0.2, 0.25) is 0 Å². The average Bonchev–Trinajstić information content (AvgIpc) is 3.48. The first-order valence-electron chi connectivity index (χ1n) is 9.57. The standard InChI is InChI=1S/C20H21N5O5S/c1-4-28-18(26)15-13(21-19(27)22-16(15)14-6-5-8-30-14)10-31-20-24-23-17(25(20)3)12-7-9-29-11(12)2/h5-9,16H,4,10H2,1-3H3,(H2,21,22,27). The zero-order valence-corrected chi connectivity index (χ0v) is 18.0. The smallest absolute Gasteiger partial charge is 0.338 e. The van der Waals surface area contributed by atoms with E-state index in [1.165, 1.54) is 18.0 Å². The lowest BCUT2D eigenvalue weighted by atomic mass is 10.0. The minimum Gasteiger partial charge on any atom is -0.469 e. The number of nitrogens with zero attached hydrogens (tertiary/aromatic N) is 3. The zero-order chi connectivity index (χ0) is 22.0. The van der Waals surface area contributed by atoms with Crippen molar-refractivity contribution in [2.75, 3.05) is 12.4 Å². The lowest BCUT2D eigenvalue weighted by Gasteiger charge is -2.27. The summed E-state index contributed by atoms with van der Waals surface area (Å²) >= 11 is 1.34. The Hall–Kier alpha value is -3.47. The summed E-state index contributed by atoms with van der Waals surface area (Å²) in [6.07, 6.45) is 3.08.